The molecule has 0 aliphatic rings. The molecule has 5 nitrogen and oxygen atoms in total. The fourth-order valence-electron chi connectivity index (χ4n) is 2.50. The average Bonchev–Trinajstić information content (AvgIpc) is 2.68. The quantitative estimate of drug-likeness (QED) is 0.742. The lowest BCUT2D eigenvalue weighted by Gasteiger charge is -2.09. The van der Waals surface area contributed by atoms with Crippen LogP contribution in [0.2, 0.25) is 0 Å². The summed E-state index contributed by atoms with van der Waals surface area (Å²) in [5.41, 5.74) is 3.16. The SMILES string of the molecule is Cc1ccccc1CNC(=O)c1ccnc(NC(=O)c2ccccc2)c1. The van der Waals surface area contributed by atoms with Crippen molar-refractivity contribution in [3.8, 4) is 0 Å². The largest absolute Gasteiger partial charge is 0.348 e. The van der Waals surface area contributed by atoms with E-state index in [2.05, 4.69) is 15.6 Å². The van der Waals surface area contributed by atoms with Crippen LogP contribution in [-0.4, -0.2) is 16.8 Å². The number of benzene rings is 2. The van der Waals surface area contributed by atoms with Crippen molar-refractivity contribution in [3.63, 3.8) is 0 Å². The second-order valence-electron chi connectivity index (χ2n) is 5.86. The van der Waals surface area contributed by atoms with E-state index >= 15 is 0 Å². The van der Waals surface area contributed by atoms with Gasteiger partial charge in [-0.15, -0.1) is 0 Å². The smallest absolute Gasteiger partial charge is 0.256 e. The summed E-state index contributed by atoms with van der Waals surface area (Å²) >= 11 is 0. The Morgan fingerprint density at radius 3 is 2.38 bits per heavy atom. The minimum atomic E-state index is -0.268. The molecule has 1 heterocycles. The van der Waals surface area contributed by atoms with E-state index in [0.29, 0.717) is 23.5 Å². The van der Waals surface area contributed by atoms with Crippen molar-refractivity contribution in [2.75, 3.05) is 5.32 Å². The van der Waals surface area contributed by atoms with E-state index in [1.165, 1.54) is 6.20 Å². The number of pyridine rings is 1. The average molecular weight is 345 g/mol. The fraction of sp³-hybridized carbons (Fsp3) is 0.0952. The molecule has 2 amide bonds. The van der Waals surface area contributed by atoms with Crippen molar-refractivity contribution < 1.29 is 9.59 Å². The van der Waals surface area contributed by atoms with Gasteiger partial charge in [-0.3, -0.25) is 9.59 Å². The molecule has 26 heavy (non-hydrogen) atoms. The molecule has 3 aromatic rings. The van der Waals surface area contributed by atoms with E-state index in [-0.39, 0.29) is 11.8 Å². The third kappa shape index (κ3) is 4.33. The topological polar surface area (TPSA) is 71.1 Å². The van der Waals surface area contributed by atoms with Crippen molar-refractivity contribution >= 4 is 17.6 Å². The summed E-state index contributed by atoms with van der Waals surface area (Å²) < 4.78 is 0. The summed E-state index contributed by atoms with van der Waals surface area (Å²) in [6.45, 7) is 2.45. The molecule has 2 N–H and O–H groups in total. The minimum absolute atomic E-state index is 0.217. The molecule has 130 valence electrons. The molecule has 0 spiro atoms. The Morgan fingerprint density at radius 2 is 1.62 bits per heavy atom. The molecule has 3 rings (SSSR count). The highest BCUT2D eigenvalue weighted by atomic mass is 16.2. The molecule has 5 heteroatoms. The minimum Gasteiger partial charge on any atom is -0.348 e. The predicted molar refractivity (Wildman–Crippen MR) is 101 cm³/mol. The van der Waals surface area contributed by atoms with Crippen LogP contribution in [-0.2, 0) is 6.54 Å². The predicted octanol–water partition coefficient (Wildman–Crippen LogP) is 3.57. The van der Waals surface area contributed by atoms with Gasteiger partial charge in [0.25, 0.3) is 11.8 Å². The Kier molecular flexibility index (Phi) is 5.39. The van der Waals surface area contributed by atoms with Crippen LogP contribution in [0.4, 0.5) is 5.82 Å². The molecular formula is C21H19N3O2. The van der Waals surface area contributed by atoms with Crippen LogP contribution >= 0.6 is 0 Å². The van der Waals surface area contributed by atoms with Gasteiger partial charge in [0.2, 0.25) is 0 Å². The number of hydrogen-bond donors (Lipinski definition) is 2. The van der Waals surface area contributed by atoms with Crippen LogP contribution < -0.4 is 10.6 Å². The zero-order valence-electron chi connectivity index (χ0n) is 14.4. The standard InChI is InChI=1S/C21H19N3O2/c1-15-7-5-6-10-18(15)14-23-20(25)17-11-12-22-19(13-17)24-21(26)16-8-3-2-4-9-16/h2-13H,14H2,1H3,(H,23,25)(H,22,24,26). The summed E-state index contributed by atoms with van der Waals surface area (Å²) in [5.74, 6) is -0.149. The lowest BCUT2D eigenvalue weighted by molar-refractivity contribution is 0.0949. The van der Waals surface area contributed by atoms with Gasteiger partial charge in [-0.2, -0.15) is 0 Å². The third-order valence-corrected chi connectivity index (χ3v) is 4.00. The van der Waals surface area contributed by atoms with Gasteiger partial charge in [-0.25, -0.2) is 4.98 Å². The number of carbonyl (C=O) groups is 2. The van der Waals surface area contributed by atoms with Gasteiger partial charge in [-0.05, 0) is 42.3 Å². The van der Waals surface area contributed by atoms with E-state index in [0.717, 1.165) is 11.1 Å². The highest BCUT2D eigenvalue weighted by Crippen LogP contribution is 2.11. The Morgan fingerprint density at radius 1 is 0.885 bits per heavy atom. The van der Waals surface area contributed by atoms with Crippen LogP contribution in [0.25, 0.3) is 0 Å². The Labute approximate surface area is 152 Å². The first kappa shape index (κ1) is 17.4. The number of carbonyl (C=O) groups excluding carboxylic acids is 2. The number of hydrogen-bond acceptors (Lipinski definition) is 3. The highest BCUT2D eigenvalue weighted by Gasteiger charge is 2.10. The van der Waals surface area contributed by atoms with Crippen LogP contribution in [0.15, 0.2) is 72.9 Å². The van der Waals surface area contributed by atoms with E-state index in [1.54, 1.807) is 36.4 Å². The maximum atomic E-state index is 12.4. The first-order valence-electron chi connectivity index (χ1n) is 8.28. The summed E-state index contributed by atoms with van der Waals surface area (Å²) in [7, 11) is 0. The van der Waals surface area contributed by atoms with Crippen LogP contribution in [0, 0.1) is 6.92 Å². The lowest BCUT2D eigenvalue weighted by Crippen LogP contribution is -2.23. The number of nitrogens with zero attached hydrogens (tertiary/aromatic N) is 1. The zero-order chi connectivity index (χ0) is 18.4. The van der Waals surface area contributed by atoms with Crippen LogP contribution in [0.3, 0.4) is 0 Å². The first-order valence-corrected chi connectivity index (χ1v) is 8.28. The third-order valence-electron chi connectivity index (χ3n) is 4.00. The normalized spacial score (nSPS) is 10.2. The fourth-order valence-corrected chi connectivity index (χ4v) is 2.50. The summed E-state index contributed by atoms with van der Waals surface area (Å²) in [6.07, 6.45) is 1.50. The molecule has 1 aromatic heterocycles. The maximum absolute atomic E-state index is 12.4. The Bertz CT molecular complexity index is 923. The summed E-state index contributed by atoms with van der Waals surface area (Å²) in [5, 5.41) is 5.60. The van der Waals surface area contributed by atoms with Gasteiger partial charge < -0.3 is 10.6 Å². The second kappa shape index (κ2) is 8.07. The molecule has 0 radical (unpaired) electrons. The van der Waals surface area contributed by atoms with Crippen molar-refractivity contribution in [1.82, 2.24) is 10.3 Å². The van der Waals surface area contributed by atoms with Crippen LogP contribution in [0.5, 0.6) is 0 Å². The van der Waals surface area contributed by atoms with Gasteiger partial charge in [0.1, 0.15) is 5.82 Å². The number of amides is 2. The van der Waals surface area contributed by atoms with Gasteiger partial charge in [-0.1, -0.05) is 42.5 Å². The second-order valence-corrected chi connectivity index (χ2v) is 5.86. The first-order chi connectivity index (χ1) is 12.6. The van der Waals surface area contributed by atoms with E-state index < -0.39 is 0 Å². The molecule has 0 saturated heterocycles. The molecule has 0 unspecified atom stereocenters. The molecular weight excluding hydrogens is 326 g/mol. The van der Waals surface area contributed by atoms with Gasteiger partial charge in [0.15, 0.2) is 0 Å². The number of aromatic nitrogens is 1. The maximum Gasteiger partial charge on any atom is 0.256 e. The van der Waals surface area contributed by atoms with Gasteiger partial charge in [0.05, 0.1) is 0 Å². The van der Waals surface area contributed by atoms with E-state index in [1.807, 2.05) is 37.3 Å². The van der Waals surface area contributed by atoms with Crippen molar-refractivity contribution in [3.05, 3.63) is 95.2 Å². The Hall–Kier alpha value is -3.47. The molecule has 0 saturated carbocycles. The van der Waals surface area contributed by atoms with E-state index in [9.17, 15) is 9.59 Å². The molecule has 0 bridgehead atoms. The van der Waals surface area contributed by atoms with Crippen molar-refractivity contribution in [2.24, 2.45) is 0 Å². The van der Waals surface area contributed by atoms with Crippen LogP contribution in [0.1, 0.15) is 31.8 Å². The highest BCUT2D eigenvalue weighted by molar-refractivity contribution is 6.04. The lowest BCUT2D eigenvalue weighted by atomic mass is 10.1. The van der Waals surface area contributed by atoms with E-state index in [4.69, 9.17) is 0 Å². The van der Waals surface area contributed by atoms with Crippen molar-refractivity contribution in [1.29, 1.82) is 0 Å². The van der Waals surface area contributed by atoms with Gasteiger partial charge >= 0.3 is 0 Å². The monoisotopic (exact) mass is 345 g/mol. The molecule has 0 fully saturated rings. The number of aryl methyl sites for hydroxylation is 1. The zero-order valence-corrected chi connectivity index (χ0v) is 14.4. The summed E-state index contributed by atoms with van der Waals surface area (Å²) in [4.78, 5) is 28.7. The molecule has 0 atom stereocenters. The van der Waals surface area contributed by atoms with Crippen molar-refractivity contribution in [2.45, 2.75) is 13.5 Å². The number of nitrogens with one attached hydrogen (secondary N) is 2. The summed E-state index contributed by atoms with van der Waals surface area (Å²) in [6, 6.07) is 19.9. The number of anilines is 1. The molecule has 0 aliphatic heterocycles. The molecule has 0 aliphatic carbocycles. The number of rotatable bonds is 5. The van der Waals surface area contributed by atoms with Gasteiger partial charge in [0, 0.05) is 23.9 Å². The Balaban J connectivity index is 1.66. The molecule has 2 aromatic carbocycles.